The summed E-state index contributed by atoms with van der Waals surface area (Å²) < 4.78 is 39.5. The van der Waals surface area contributed by atoms with Crippen molar-refractivity contribution >= 4 is 12.0 Å². The highest BCUT2D eigenvalue weighted by Gasteiger charge is 2.31. The summed E-state index contributed by atoms with van der Waals surface area (Å²) in [5.41, 5.74) is 0.135. The van der Waals surface area contributed by atoms with Gasteiger partial charge in [0, 0.05) is 19.2 Å². The largest absolute Gasteiger partial charge is 0.416 e. The van der Waals surface area contributed by atoms with E-state index >= 15 is 0 Å². The first-order valence-electron chi connectivity index (χ1n) is 10.2. The maximum atomic E-state index is 13.2. The van der Waals surface area contributed by atoms with Gasteiger partial charge in [-0.25, -0.2) is 0 Å². The lowest BCUT2D eigenvalue weighted by atomic mass is 9.92. The van der Waals surface area contributed by atoms with Crippen molar-refractivity contribution in [2.75, 3.05) is 13.1 Å². The van der Waals surface area contributed by atoms with E-state index in [1.807, 2.05) is 0 Å². The Bertz CT molecular complexity index is 898. The summed E-state index contributed by atoms with van der Waals surface area (Å²) in [6.07, 6.45) is 2.87. The number of alkyl halides is 3. The van der Waals surface area contributed by atoms with Crippen molar-refractivity contribution in [3.05, 3.63) is 46.8 Å². The number of nitrogens with zero attached hydrogens (tertiary/aromatic N) is 5. The van der Waals surface area contributed by atoms with Gasteiger partial charge in [-0.1, -0.05) is 25.8 Å². The van der Waals surface area contributed by atoms with Crippen molar-refractivity contribution in [3.63, 3.8) is 0 Å². The van der Waals surface area contributed by atoms with Crippen molar-refractivity contribution in [2.24, 2.45) is 5.92 Å². The SMILES string of the molecule is CCCC1CCN(C(=O)/C=C/c2ccc(C(F)(F)F)cc2Cn2nnc(C)n2)CC1. The molecule has 0 atom stereocenters. The molecule has 1 aromatic heterocycles. The Hall–Kier alpha value is -2.71. The molecule has 0 unspecified atom stereocenters. The number of tetrazole rings is 1. The first-order chi connectivity index (χ1) is 14.3. The maximum Gasteiger partial charge on any atom is 0.416 e. The molecule has 162 valence electrons. The van der Waals surface area contributed by atoms with Crippen molar-refractivity contribution in [3.8, 4) is 0 Å². The van der Waals surface area contributed by atoms with E-state index < -0.39 is 11.7 Å². The minimum absolute atomic E-state index is 0.0288. The molecule has 0 spiro atoms. The summed E-state index contributed by atoms with van der Waals surface area (Å²) in [7, 11) is 0. The molecule has 1 aliphatic rings. The monoisotopic (exact) mass is 421 g/mol. The van der Waals surface area contributed by atoms with Gasteiger partial charge in [-0.05, 0) is 60.2 Å². The molecule has 1 fully saturated rings. The second kappa shape index (κ2) is 9.40. The van der Waals surface area contributed by atoms with Gasteiger partial charge in [0.2, 0.25) is 5.91 Å². The third-order valence-corrected chi connectivity index (χ3v) is 5.36. The number of carbonyl (C=O) groups is 1. The van der Waals surface area contributed by atoms with Gasteiger partial charge >= 0.3 is 6.18 Å². The number of benzene rings is 1. The molecule has 0 radical (unpaired) electrons. The van der Waals surface area contributed by atoms with E-state index in [9.17, 15) is 18.0 Å². The Morgan fingerprint density at radius 2 is 2.00 bits per heavy atom. The van der Waals surface area contributed by atoms with Crippen molar-refractivity contribution in [2.45, 2.75) is 52.3 Å². The highest BCUT2D eigenvalue weighted by atomic mass is 19.4. The summed E-state index contributed by atoms with van der Waals surface area (Å²) in [6.45, 7) is 5.28. The molecule has 3 rings (SSSR count). The topological polar surface area (TPSA) is 63.9 Å². The molecule has 0 aliphatic carbocycles. The van der Waals surface area contributed by atoms with E-state index in [1.165, 1.54) is 23.4 Å². The molecular formula is C21H26F3N5O. The fourth-order valence-electron chi connectivity index (χ4n) is 3.74. The summed E-state index contributed by atoms with van der Waals surface area (Å²) >= 11 is 0. The molecule has 2 aromatic rings. The second-order valence-electron chi connectivity index (χ2n) is 7.67. The zero-order valence-corrected chi connectivity index (χ0v) is 17.2. The Labute approximate surface area is 173 Å². The molecule has 0 N–H and O–H groups in total. The van der Waals surface area contributed by atoms with Crippen LogP contribution < -0.4 is 0 Å². The van der Waals surface area contributed by atoms with Gasteiger partial charge in [-0.3, -0.25) is 4.79 Å². The van der Waals surface area contributed by atoms with E-state index in [4.69, 9.17) is 0 Å². The summed E-state index contributed by atoms with van der Waals surface area (Å²) in [6, 6.07) is 3.46. The molecule has 30 heavy (non-hydrogen) atoms. The number of rotatable bonds is 6. The molecule has 0 saturated carbocycles. The molecular weight excluding hydrogens is 395 g/mol. The average molecular weight is 421 g/mol. The predicted molar refractivity (Wildman–Crippen MR) is 106 cm³/mol. The van der Waals surface area contributed by atoms with E-state index in [1.54, 1.807) is 17.9 Å². The van der Waals surface area contributed by atoms with Crippen molar-refractivity contribution in [1.82, 2.24) is 25.1 Å². The van der Waals surface area contributed by atoms with Crippen LogP contribution >= 0.6 is 0 Å². The number of amides is 1. The van der Waals surface area contributed by atoms with Crippen LogP contribution in [0, 0.1) is 12.8 Å². The van der Waals surface area contributed by atoms with E-state index in [-0.39, 0.29) is 12.5 Å². The second-order valence-corrected chi connectivity index (χ2v) is 7.67. The van der Waals surface area contributed by atoms with Crippen LogP contribution in [0.15, 0.2) is 24.3 Å². The number of piperidine rings is 1. The molecule has 1 saturated heterocycles. The van der Waals surface area contributed by atoms with Gasteiger partial charge in [-0.15, -0.1) is 10.2 Å². The highest BCUT2D eigenvalue weighted by molar-refractivity contribution is 5.92. The molecule has 1 amide bonds. The van der Waals surface area contributed by atoms with Crippen LogP contribution in [0.25, 0.3) is 6.08 Å². The Morgan fingerprint density at radius 3 is 2.60 bits per heavy atom. The van der Waals surface area contributed by atoms with Crippen LogP contribution in [-0.2, 0) is 17.5 Å². The lowest BCUT2D eigenvalue weighted by molar-refractivity contribution is -0.137. The number of hydrogen-bond donors (Lipinski definition) is 0. The molecule has 1 aromatic carbocycles. The molecule has 0 bridgehead atoms. The predicted octanol–water partition coefficient (Wildman–Crippen LogP) is 4.10. The van der Waals surface area contributed by atoms with E-state index in [0.717, 1.165) is 44.5 Å². The number of aryl methyl sites for hydroxylation is 1. The standard InChI is InChI=1S/C21H26F3N5O/c1-3-4-16-9-11-28(12-10-16)20(30)8-6-17-5-7-19(21(22,23)24)13-18(17)14-29-26-15(2)25-27-29/h5-8,13,16H,3-4,9-12,14H2,1-2H3/b8-6+. The third kappa shape index (κ3) is 5.67. The number of likely N-dealkylation sites (tertiary alicyclic amines) is 1. The number of carbonyl (C=O) groups excluding carboxylic acids is 1. The van der Waals surface area contributed by atoms with Crippen molar-refractivity contribution < 1.29 is 18.0 Å². The molecule has 6 nitrogen and oxygen atoms in total. The number of halogens is 3. The lowest BCUT2D eigenvalue weighted by Gasteiger charge is -2.31. The van der Waals surface area contributed by atoms with E-state index in [2.05, 4.69) is 22.3 Å². The summed E-state index contributed by atoms with van der Waals surface area (Å²) in [5, 5.41) is 11.6. The Kier molecular flexibility index (Phi) is 6.89. The van der Waals surface area contributed by atoms with Gasteiger partial charge in [0.15, 0.2) is 5.82 Å². The number of aromatic nitrogens is 4. The minimum Gasteiger partial charge on any atom is -0.339 e. The third-order valence-electron chi connectivity index (χ3n) is 5.36. The van der Waals surface area contributed by atoms with Crippen molar-refractivity contribution in [1.29, 1.82) is 0 Å². The van der Waals surface area contributed by atoms with Crippen LogP contribution in [0.4, 0.5) is 13.2 Å². The zero-order valence-electron chi connectivity index (χ0n) is 17.2. The summed E-state index contributed by atoms with van der Waals surface area (Å²) in [5.74, 6) is 0.981. The quantitative estimate of drug-likeness (QED) is 0.659. The van der Waals surface area contributed by atoms with Crippen LogP contribution in [0.1, 0.15) is 55.1 Å². The van der Waals surface area contributed by atoms with Gasteiger partial charge in [0.05, 0.1) is 12.1 Å². The highest BCUT2D eigenvalue weighted by Crippen LogP contribution is 2.31. The zero-order chi connectivity index (χ0) is 21.7. The van der Waals surface area contributed by atoms with Crippen LogP contribution in [0.2, 0.25) is 0 Å². The molecule has 1 aliphatic heterocycles. The first-order valence-corrected chi connectivity index (χ1v) is 10.2. The number of hydrogen-bond acceptors (Lipinski definition) is 4. The van der Waals surface area contributed by atoms with Crippen LogP contribution in [-0.4, -0.2) is 44.1 Å². The van der Waals surface area contributed by atoms with Gasteiger partial charge in [0.25, 0.3) is 0 Å². The van der Waals surface area contributed by atoms with Gasteiger partial charge in [-0.2, -0.15) is 18.0 Å². The normalized spacial score (nSPS) is 15.8. The van der Waals surface area contributed by atoms with Crippen LogP contribution in [0.5, 0.6) is 0 Å². The summed E-state index contributed by atoms with van der Waals surface area (Å²) in [4.78, 5) is 15.6. The Balaban J connectivity index is 1.76. The Morgan fingerprint density at radius 1 is 1.27 bits per heavy atom. The van der Waals surface area contributed by atoms with Crippen LogP contribution in [0.3, 0.4) is 0 Å². The molecule has 9 heteroatoms. The first kappa shape index (κ1) is 22.0. The fraction of sp³-hybridized carbons (Fsp3) is 0.524. The fourth-order valence-corrected chi connectivity index (χ4v) is 3.74. The molecule has 2 heterocycles. The maximum absolute atomic E-state index is 13.2. The lowest BCUT2D eigenvalue weighted by Crippen LogP contribution is -2.37. The smallest absolute Gasteiger partial charge is 0.339 e. The van der Waals surface area contributed by atoms with Gasteiger partial charge < -0.3 is 4.90 Å². The minimum atomic E-state index is -4.46. The van der Waals surface area contributed by atoms with Gasteiger partial charge in [0.1, 0.15) is 0 Å². The van der Waals surface area contributed by atoms with E-state index in [0.29, 0.717) is 22.9 Å². The average Bonchev–Trinajstić information content (AvgIpc) is 3.11.